The molecule has 16 heavy (non-hydrogen) atoms. The van der Waals surface area contributed by atoms with Gasteiger partial charge in [0.05, 0.1) is 10.9 Å². The average molecular weight is 249 g/mol. The Morgan fingerprint density at radius 2 is 1.94 bits per heavy atom. The molecule has 0 atom stereocenters. The fourth-order valence-corrected chi connectivity index (χ4v) is 2.31. The first-order valence-corrected chi connectivity index (χ1v) is 6.04. The van der Waals surface area contributed by atoms with E-state index in [4.69, 9.17) is 17.0 Å². The number of methoxy groups -OCH3 is 1. The third-order valence-corrected chi connectivity index (χ3v) is 3.84. The number of aromatic nitrogens is 1. The Morgan fingerprint density at radius 3 is 2.50 bits per heavy atom. The Kier molecular flexibility index (Phi) is 3.31. The van der Waals surface area contributed by atoms with Gasteiger partial charge in [-0.1, -0.05) is 12.2 Å². The topological polar surface area (TPSA) is 22.1 Å². The molecule has 0 radical (unpaired) electrons. The van der Waals surface area contributed by atoms with Gasteiger partial charge in [0.25, 0.3) is 0 Å². The van der Waals surface area contributed by atoms with Crippen molar-refractivity contribution in [2.45, 2.75) is 6.92 Å². The van der Waals surface area contributed by atoms with E-state index < -0.39 is 0 Å². The lowest BCUT2D eigenvalue weighted by molar-refractivity contribution is 0.415. The first kappa shape index (κ1) is 11.2. The second-order valence-corrected chi connectivity index (χ2v) is 5.03. The van der Waals surface area contributed by atoms with E-state index in [1.165, 1.54) is 11.3 Å². The van der Waals surface area contributed by atoms with Crippen molar-refractivity contribution in [1.29, 1.82) is 0 Å². The minimum Gasteiger partial charge on any atom is -0.497 e. The second-order valence-electron chi connectivity index (χ2n) is 3.36. The van der Waals surface area contributed by atoms with Gasteiger partial charge >= 0.3 is 0 Å². The summed E-state index contributed by atoms with van der Waals surface area (Å²) in [4.78, 5) is 4.38. The summed E-state index contributed by atoms with van der Waals surface area (Å²) in [7, 11) is 1.66. The van der Waals surface area contributed by atoms with E-state index in [2.05, 4.69) is 4.98 Å². The molecule has 0 bridgehead atoms. The highest BCUT2D eigenvalue weighted by atomic mass is 32.1. The number of nitrogens with zero attached hydrogens (tertiary/aromatic N) is 1. The SMILES string of the molecule is COc1ccc(-c2ncc(C)c(=S)s2)cc1. The number of rotatable bonds is 2. The molecule has 0 unspecified atom stereocenters. The maximum absolute atomic E-state index is 5.24. The molecule has 82 valence electrons. The van der Waals surface area contributed by atoms with Crippen LogP contribution in [0.5, 0.6) is 5.75 Å². The molecule has 2 nitrogen and oxygen atoms in total. The molecular formula is C12H11NOS2. The van der Waals surface area contributed by atoms with Crippen LogP contribution < -0.4 is 4.74 Å². The molecule has 0 amide bonds. The number of benzene rings is 1. The summed E-state index contributed by atoms with van der Waals surface area (Å²) in [5.41, 5.74) is 2.12. The zero-order valence-corrected chi connectivity index (χ0v) is 10.7. The number of ether oxygens (including phenoxy) is 1. The van der Waals surface area contributed by atoms with Crippen LogP contribution in [-0.4, -0.2) is 12.1 Å². The highest BCUT2D eigenvalue weighted by Gasteiger charge is 2.01. The summed E-state index contributed by atoms with van der Waals surface area (Å²) < 4.78 is 6.00. The van der Waals surface area contributed by atoms with Gasteiger partial charge in [-0.05, 0) is 36.8 Å². The normalized spacial score (nSPS) is 10.1. The van der Waals surface area contributed by atoms with Crippen LogP contribution in [-0.2, 0) is 0 Å². The quantitative estimate of drug-likeness (QED) is 0.755. The zero-order valence-electron chi connectivity index (χ0n) is 9.06. The molecule has 0 aliphatic rings. The molecule has 0 saturated heterocycles. The largest absolute Gasteiger partial charge is 0.497 e. The van der Waals surface area contributed by atoms with Crippen LogP contribution in [0.3, 0.4) is 0 Å². The fraction of sp³-hybridized carbons (Fsp3) is 0.167. The molecule has 0 aliphatic carbocycles. The van der Waals surface area contributed by atoms with E-state index >= 15 is 0 Å². The van der Waals surface area contributed by atoms with Gasteiger partial charge in [0.2, 0.25) is 0 Å². The Labute approximate surface area is 104 Å². The number of hydrogen-bond acceptors (Lipinski definition) is 4. The van der Waals surface area contributed by atoms with Crippen LogP contribution >= 0.6 is 23.6 Å². The summed E-state index contributed by atoms with van der Waals surface area (Å²) >= 11 is 6.78. The summed E-state index contributed by atoms with van der Waals surface area (Å²) in [5.74, 6) is 0.847. The maximum atomic E-state index is 5.24. The van der Waals surface area contributed by atoms with Crippen molar-refractivity contribution in [3.63, 3.8) is 0 Å². The minimum absolute atomic E-state index is 0.847. The average Bonchev–Trinajstić information content (AvgIpc) is 2.33. The Bertz CT molecular complexity index is 546. The molecule has 1 aromatic heterocycles. The molecular weight excluding hydrogens is 238 g/mol. The summed E-state index contributed by atoms with van der Waals surface area (Å²) in [6.07, 6.45) is 1.82. The molecule has 2 aromatic rings. The third kappa shape index (κ3) is 2.28. The minimum atomic E-state index is 0.847. The molecule has 1 heterocycles. The third-order valence-electron chi connectivity index (χ3n) is 2.22. The predicted octanol–water partition coefficient (Wildman–Crippen LogP) is 3.86. The van der Waals surface area contributed by atoms with Crippen molar-refractivity contribution in [1.82, 2.24) is 4.98 Å². The number of aryl methyl sites for hydroxylation is 1. The lowest BCUT2D eigenvalue weighted by Crippen LogP contribution is -1.84. The van der Waals surface area contributed by atoms with Gasteiger partial charge < -0.3 is 4.74 Å². The lowest BCUT2D eigenvalue weighted by atomic mass is 10.2. The van der Waals surface area contributed by atoms with Crippen molar-refractivity contribution in [3.8, 4) is 16.3 Å². The fourth-order valence-electron chi connectivity index (χ4n) is 1.27. The molecule has 2 rings (SSSR count). The smallest absolute Gasteiger partial charge is 0.124 e. The van der Waals surface area contributed by atoms with Crippen LogP contribution in [0, 0.1) is 10.7 Å². The van der Waals surface area contributed by atoms with E-state index in [0.29, 0.717) is 0 Å². The predicted molar refractivity (Wildman–Crippen MR) is 69.7 cm³/mol. The van der Waals surface area contributed by atoms with E-state index in [1.54, 1.807) is 7.11 Å². The van der Waals surface area contributed by atoms with Gasteiger partial charge in [-0.15, -0.1) is 11.3 Å². The van der Waals surface area contributed by atoms with Crippen molar-refractivity contribution >= 4 is 23.6 Å². The van der Waals surface area contributed by atoms with Crippen molar-refractivity contribution in [3.05, 3.63) is 39.8 Å². The molecule has 4 heteroatoms. The van der Waals surface area contributed by atoms with Gasteiger partial charge in [0.15, 0.2) is 0 Å². The molecule has 0 N–H and O–H groups in total. The molecule has 0 saturated carbocycles. The Morgan fingerprint density at radius 1 is 1.25 bits per heavy atom. The van der Waals surface area contributed by atoms with E-state index in [-0.39, 0.29) is 0 Å². The molecule has 0 aliphatic heterocycles. The van der Waals surface area contributed by atoms with Crippen LogP contribution in [0.2, 0.25) is 0 Å². The van der Waals surface area contributed by atoms with Gasteiger partial charge in [-0.2, -0.15) is 0 Å². The van der Waals surface area contributed by atoms with Gasteiger partial charge in [0, 0.05) is 11.8 Å². The van der Waals surface area contributed by atoms with Crippen LogP contribution in [0.4, 0.5) is 0 Å². The zero-order chi connectivity index (χ0) is 11.5. The molecule has 0 fully saturated rings. The molecule has 1 aromatic carbocycles. The summed E-state index contributed by atoms with van der Waals surface area (Å²) in [6.45, 7) is 1.98. The van der Waals surface area contributed by atoms with E-state index in [9.17, 15) is 0 Å². The first-order valence-electron chi connectivity index (χ1n) is 4.82. The Hall–Kier alpha value is -1.26. The highest BCUT2D eigenvalue weighted by molar-refractivity contribution is 7.73. The van der Waals surface area contributed by atoms with E-state index in [0.717, 1.165) is 25.7 Å². The monoisotopic (exact) mass is 249 g/mol. The van der Waals surface area contributed by atoms with Crippen molar-refractivity contribution in [2.75, 3.05) is 7.11 Å². The highest BCUT2D eigenvalue weighted by Crippen LogP contribution is 2.25. The first-order chi connectivity index (χ1) is 7.70. The van der Waals surface area contributed by atoms with Crippen molar-refractivity contribution in [2.24, 2.45) is 0 Å². The van der Waals surface area contributed by atoms with Gasteiger partial charge in [-0.3, -0.25) is 0 Å². The molecule has 0 spiro atoms. The second kappa shape index (κ2) is 4.72. The summed E-state index contributed by atoms with van der Waals surface area (Å²) in [5, 5.41) is 0.943. The van der Waals surface area contributed by atoms with Crippen molar-refractivity contribution < 1.29 is 4.74 Å². The van der Waals surface area contributed by atoms with Crippen LogP contribution in [0.1, 0.15) is 5.56 Å². The standard InChI is InChI=1S/C12H11NOS2/c1-8-7-13-11(16-12(8)15)9-3-5-10(14-2)6-4-9/h3-7H,1-2H3. The maximum Gasteiger partial charge on any atom is 0.124 e. The number of hydrogen-bond donors (Lipinski definition) is 0. The van der Waals surface area contributed by atoms with Gasteiger partial charge in [-0.25, -0.2) is 4.98 Å². The van der Waals surface area contributed by atoms with Gasteiger partial charge in [0.1, 0.15) is 10.8 Å². The van der Waals surface area contributed by atoms with Crippen LogP contribution in [0.25, 0.3) is 10.6 Å². The summed E-state index contributed by atoms with van der Waals surface area (Å²) in [6, 6.07) is 7.82. The van der Waals surface area contributed by atoms with Crippen LogP contribution in [0.15, 0.2) is 30.5 Å². The van der Waals surface area contributed by atoms with E-state index in [1.807, 2.05) is 37.4 Å². The Balaban J connectivity index is 2.42. The lowest BCUT2D eigenvalue weighted by Gasteiger charge is -2.02.